The summed E-state index contributed by atoms with van der Waals surface area (Å²) in [4.78, 5) is 23.7. The summed E-state index contributed by atoms with van der Waals surface area (Å²) in [7, 11) is 1.58. The van der Waals surface area contributed by atoms with E-state index in [4.69, 9.17) is 4.74 Å². The minimum absolute atomic E-state index is 0.200. The molecule has 3 rings (SSSR count). The first kappa shape index (κ1) is 18.4. The minimum Gasteiger partial charge on any atom is -0.378 e. The predicted octanol–water partition coefficient (Wildman–Crippen LogP) is 2.19. The molecule has 7 nitrogen and oxygen atoms in total. The molecule has 0 bridgehead atoms. The SMILES string of the molecule is COCc1cc(=O)[nH]c(Nc2ccc(N3CCN(C(C)C)CC3)cc2)n1. The van der Waals surface area contributed by atoms with Crippen molar-refractivity contribution < 1.29 is 4.74 Å². The maximum atomic E-state index is 11.7. The third-order valence-electron chi connectivity index (χ3n) is 4.63. The lowest BCUT2D eigenvalue weighted by molar-refractivity contribution is 0.181. The van der Waals surface area contributed by atoms with Gasteiger partial charge in [-0.2, -0.15) is 0 Å². The molecule has 0 aliphatic carbocycles. The van der Waals surface area contributed by atoms with E-state index in [1.54, 1.807) is 7.11 Å². The molecular formula is C19H27N5O2. The van der Waals surface area contributed by atoms with Crippen LogP contribution < -0.4 is 15.8 Å². The molecule has 1 aromatic carbocycles. The van der Waals surface area contributed by atoms with Crippen molar-refractivity contribution >= 4 is 17.3 Å². The van der Waals surface area contributed by atoms with Crippen LogP contribution in [0.15, 0.2) is 35.1 Å². The Kier molecular flexibility index (Phi) is 5.90. The van der Waals surface area contributed by atoms with E-state index in [1.165, 1.54) is 11.8 Å². The van der Waals surface area contributed by atoms with Gasteiger partial charge in [0.25, 0.3) is 5.56 Å². The van der Waals surface area contributed by atoms with Gasteiger partial charge < -0.3 is 15.0 Å². The summed E-state index contributed by atoms with van der Waals surface area (Å²) < 4.78 is 5.04. The van der Waals surface area contributed by atoms with Crippen molar-refractivity contribution in [2.75, 3.05) is 43.5 Å². The maximum Gasteiger partial charge on any atom is 0.252 e. The second-order valence-corrected chi connectivity index (χ2v) is 6.81. The average molecular weight is 357 g/mol. The standard InChI is InChI=1S/C19H27N5O2/c1-14(2)23-8-10-24(11-9-23)17-6-4-15(5-7-17)20-19-21-16(13-26-3)12-18(25)22-19/h4-7,12,14H,8-11,13H2,1-3H3,(H2,20,21,22,25). The lowest BCUT2D eigenvalue weighted by atomic mass is 10.2. The lowest BCUT2D eigenvalue weighted by Gasteiger charge is -2.38. The normalized spacial score (nSPS) is 15.5. The summed E-state index contributed by atoms with van der Waals surface area (Å²) in [6, 6.07) is 10.3. The van der Waals surface area contributed by atoms with Crippen LogP contribution in [0.2, 0.25) is 0 Å². The van der Waals surface area contributed by atoms with Crippen LogP contribution in [0.25, 0.3) is 0 Å². The molecule has 2 N–H and O–H groups in total. The van der Waals surface area contributed by atoms with Crippen LogP contribution in [-0.4, -0.2) is 54.2 Å². The van der Waals surface area contributed by atoms with Crippen molar-refractivity contribution in [3.05, 3.63) is 46.4 Å². The number of piperazine rings is 1. The van der Waals surface area contributed by atoms with Gasteiger partial charge in [0.2, 0.25) is 5.95 Å². The zero-order chi connectivity index (χ0) is 18.5. The van der Waals surface area contributed by atoms with Crippen molar-refractivity contribution in [3.8, 4) is 0 Å². The molecule has 0 saturated carbocycles. The molecule has 0 spiro atoms. The van der Waals surface area contributed by atoms with Gasteiger partial charge in [0, 0.05) is 56.8 Å². The van der Waals surface area contributed by atoms with Crippen LogP contribution in [-0.2, 0) is 11.3 Å². The molecule has 1 fully saturated rings. The highest BCUT2D eigenvalue weighted by Crippen LogP contribution is 2.21. The molecule has 0 atom stereocenters. The first-order chi connectivity index (χ1) is 12.5. The number of methoxy groups -OCH3 is 1. The van der Waals surface area contributed by atoms with E-state index in [-0.39, 0.29) is 5.56 Å². The highest BCUT2D eigenvalue weighted by molar-refractivity contribution is 5.59. The number of ether oxygens (including phenoxy) is 1. The van der Waals surface area contributed by atoms with Crippen molar-refractivity contribution in [2.45, 2.75) is 26.5 Å². The molecular weight excluding hydrogens is 330 g/mol. The van der Waals surface area contributed by atoms with Crippen LogP contribution in [0, 0.1) is 0 Å². The minimum atomic E-state index is -0.200. The highest BCUT2D eigenvalue weighted by atomic mass is 16.5. The maximum absolute atomic E-state index is 11.7. The molecule has 0 unspecified atom stereocenters. The Balaban J connectivity index is 1.64. The summed E-state index contributed by atoms with van der Waals surface area (Å²) in [6.07, 6.45) is 0. The van der Waals surface area contributed by atoms with Gasteiger partial charge in [0.1, 0.15) is 0 Å². The van der Waals surface area contributed by atoms with E-state index in [0.29, 0.717) is 24.3 Å². The van der Waals surface area contributed by atoms with Gasteiger partial charge in [-0.05, 0) is 38.1 Å². The number of rotatable bonds is 6. The van der Waals surface area contributed by atoms with E-state index in [2.05, 4.69) is 51.1 Å². The number of nitrogens with zero attached hydrogens (tertiary/aromatic N) is 3. The molecule has 0 amide bonds. The summed E-state index contributed by atoms with van der Waals surface area (Å²) in [5, 5.41) is 3.15. The fraction of sp³-hybridized carbons (Fsp3) is 0.474. The van der Waals surface area contributed by atoms with Crippen LogP contribution in [0.1, 0.15) is 19.5 Å². The van der Waals surface area contributed by atoms with Crippen molar-refractivity contribution in [3.63, 3.8) is 0 Å². The number of benzene rings is 1. The molecule has 1 aliphatic heterocycles. The molecule has 2 heterocycles. The van der Waals surface area contributed by atoms with Gasteiger partial charge in [-0.3, -0.25) is 14.7 Å². The molecule has 1 aromatic heterocycles. The van der Waals surface area contributed by atoms with E-state index in [9.17, 15) is 4.79 Å². The number of H-pyrrole nitrogens is 1. The zero-order valence-corrected chi connectivity index (χ0v) is 15.7. The monoisotopic (exact) mass is 357 g/mol. The summed E-state index contributed by atoms with van der Waals surface area (Å²) in [5.41, 5.74) is 2.49. The largest absolute Gasteiger partial charge is 0.378 e. The number of aromatic nitrogens is 2. The second-order valence-electron chi connectivity index (χ2n) is 6.81. The zero-order valence-electron chi connectivity index (χ0n) is 15.7. The van der Waals surface area contributed by atoms with Gasteiger partial charge in [-0.15, -0.1) is 0 Å². The van der Waals surface area contributed by atoms with Gasteiger partial charge in [-0.25, -0.2) is 4.98 Å². The Morgan fingerprint density at radius 3 is 2.50 bits per heavy atom. The quantitative estimate of drug-likeness (QED) is 0.826. The molecule has 2 aromatic rings. The Morgan fingerprint density at radius 2 is 1.88 bits per heavy atom. The molecule has 0 radical (unpaired) electrons. The number of aromatic amines is 1. The predicted molar refractivity (Wildman–Crippen MR) is 104 cm³/mol. The number of nitrogens with one attached hydrogen (secondary N) is 2. The molecule has 1 saturated heterocycles. The fourth-order valence-electron chi connectivity index (χ4n) is 3.18. The van der Waals surface area contributed by atoms with Crippen molar-refractivity contribution in [2.24, 2.45) is 0 Å². The first-order valence-corrected chi connectivity index (χ1v) is 9.00. The topological polar surface area (TPSA) is 73.5 Å². The first-order valence-electron chi connectivity index (χ1n) is 9.00. The molecule has 26 heavy (non-hydrogen) atoms. The molecule has 1 aliphatic rings. The fourth-order valence-corrected chi connectivity index (χ4v) is 3.18. The molecule has 7 heteroatoms. The van der Waals surface area contributed by atoms with Crippen LogP contribution in [0.4, 0.5) is 17.3 Å². The van der Waals surface area contributed by atoms with Gasteiger partial charge in [-0.1, -0.05) is 0 Å². The van der Waals surface area contributed by atoms with E-state index >= 15 is 0 Å². The van der Waals surface area contributed by atoms with Gasteiger partial charge in [0.05, 0.1) is 12.3 Å². The van der Waals surface area contributed by atoms with Gasteiger partial charge >= 0.3 is 0 Å². The number of hydrogen-bond acceptors (Lipinski definition) is 6. The second kappa shape index (κ2) is 8.33. The third-order valence-corrected chi connectivity index (χ3v) is 4.63. The Hall–Kier alpha value is -2.38. The highest BCUT2D eigenvalue weighted by Gasteiger charge is 2.18. The van der Waals surface area contributed by atoms with Crippen LogP contribution in [0.3, 0.4) is 0 Å². The third kappa shape index (κ3) is 4.62. The molecule has 140 valence electrons. The van der Waals surface area contributed by atoms with E-state index < -0.39 is 0 Å². The van der Waals surface area contributed by atoms with Gasteiger partial charge in [0.15, 0.2) is 0 Å². The van der Waals surface area contributed by atoms with Crippen molar-refractivity contribution in [1.29, 1.82) is 0 Å². The van der Waals surface area contributed by atoms with E-state index in [1.807, 2.05) is 12.1 Å². The Bertz CT molecular complexity index is 764. The summed E-state index contributed by atoms with van der Waals surface area (Å²) in [6.45, 7) is 9.06. The van der Waals surface area contributed by atoms with Crippen molar-refractivity contribution in [1.82, 2.24) is 14.9 Å². The number of hydrogen-bond donors (Lipinski definition) is 2. The number of anilines is 3. The Morgan fingerprint density at radius 1 is 1.19 bits per heavy atom. The Labute approximate surface area is 154 Å². The average Bonchev–Trinajstić information content (AvgIpc) is 2.62. The summed E-state index contributed by atoms with van der Waals surface area (Å²) >= 11 is 0. The lowest BCUT2D eigenvalue weighted by Crippen LogP contribution is -2.48. The van der Waals surface area contributed by atoms with Crippen LogP contribution >= 0.6 is 0 Å². The summed E-state index contributed by atoms with van der Waals surface area (Å²) in [5.74, 6) is 0.419. The smallest absolute Gasteiger partial charge is 0.252 e. The van der Waals surface area contributed by atoms with E-state index in [0.717, 1.165) is 31.9 Å². The van der Waals surface area contributed by atoms with Crippen LogP contribution in [0.5, 0.6) is 0 Å².